The van der Waals surface area contributed by atoms with Crippen LogP contribution in [0.15, 0.2) is 53.1 Å². The summed E-state index contributed by atoms with van der Waals surface area (Å²) in [4.78, 5) is 8.80. The Balaban J connectivity index is 2.28. The standard InChI is InChI=1S/C14H8N2O/c1-2-6-13-9(4-1)10-8-12-11(5-3-7-15-12)16-14(10)17-13/h1-8H. The van der Waals surface area contributed by atoms with Gasteiger partial charge in [0, 0.05) is 11.6 Å². The van der Waals surface area contributed by atoms with Gasteiger partial charge in [0.05, 0.1) is 16.4 Å². The van der Waals surface area contributed by atoms with Crippen LogP contribution in [0.1, 0.15) is 0 Å². The Morgan fingerprint density at radius 2 is 1.82 bits per heavy atom. The molecule has 0 bridgehead atoms. The van der Waals surface area contributed by atoms with Gasteiger partial charge in [0.1, 0.15) is 5.58 Å². The molecule has 0 saturated heterocycles. The zero-order valence-corrected chi connectivity index (χ0v) is 8.92. The molecule has 4 rings (SSSR count). The minimum Gasteiger partial charge on any atom is -0.438 e. The zero-order valence-electron chi connectivity index (χ0n) is 8.92. The van der Waals surface area contributed by atoms with E-state index in [-0.39, 0.29) is 0 Å². The highest BCUT2D eigenvalue weighted by molar-refractivity contribution is 6.06. The molecule has 3 aromatic heterocycles. The molecule has 0 spiro atoms. The van der Waals surface area contributed by atoms with E-state index in [1.807, 2.05) is 42.5 Å². The first kappa shape index (κ1) is 8.70. The van der Waals surface area contributed by atoms with E-state index < -0.39 is 0 Å². The molecule has 0 saturated carbocycles. The van der Waals surface area contributed by atoms with Crippen molar-refractivity contribution in [1.82, 2.24) is 9.97 Å². The summed E-state index contributed by atoms with van der Waals surface area (Å²) in [5.74, 6) is 0. The monoisotopic (exact) mass is 220 g/mol. The Kier molecular flexibility index (Phi) is 1.56. The Labute approximate surface area is 96.7 Å². The summed E-state index contributed by atoms with van der Waals surface area (Å²) in [6.45, 7) is 0. The second-order valence-corrected chi connectivity index (χ2v) is 3.98. The Bertz CT molecular complexity index is 842. The quantitative estimate of drug-likeness (QED) is 0.455. The molecular formula is C14H8N2O. The van der Waals surface area contributed by atoms with Gasteiger partial charge in [-0.2, -0.15) is 0 Å². The molecule has 0 aliphatic rings. The maximum atomic E-state index is 5.72. The van der Waals surface area contributed by atoms with Gasteiger partial charge in [-0.05, 0) is 24.3 Å². The van der Waals surface area contributed by atoms with Gasteiger partial charge in [-0.25, -0.2) is 4.98 Å². The summed E-state index contributed by atoms with van der Waals surface area (Å²) in [5.41, 5.74) is 3.29. The van der Waals surface area contributed by atoms with E-state index in [1.165, 1.54) is 0 Å². The topological polar surface area (TPSA) is 38.9 Å². The number of para-hydroxylation sites is 1. The molecular weight excluding hydrogens is 212 g/mol. The first-order chi connectivity index (χ1) is 8.42. The molecule has 4 aromatic rings. The fourth-order valence-electron chi connectivity index (χ4n) is 2.14. The average Bonchev–Trinajstić information content (AvgIpc) is 2.73. The highest BCUT2D eigenvalue weighted by Gasteiger charge is 2.08. The normalized spacial score (nSPS) is 11.5. The Morgan fingerprint density at radius 3 is 2.82 bits per heavy atom. The number of furan rings is 1. The number of nitrogens with zero attached hydrogens (tertiary/aromatic N) is 2. The SMILES string of the molecule is c1cnc2cc3c(nc2c1)oc1ccccc13. The van der Waals surface area contributed by atoms with Crippen molar-refractivity contribution in [2.45, 2.75) is 0 Å². The van der Waals surface area contributed by atoms with Crippen LogP contribution < -0.4 is 0 Å². The Hall–Kier alpha value is -2.42. The zero-order chi connectivity index (χ0) is 11.2. The minimum atomic E-state index is 0.673. The summed E-state index contributed by atoms with van der Waals surface area (Å²) in [5, 5.41) is 2.11. The van der Waals surface area contributed by atoms with E-state index in [9.17, 15) is 0 Å². The maximum Gasteiger partial charge on any atom is 0.227 e. The predicted molar refractivity (Wildman–Crippen MR) is 66.8 cm³/mol. The average molecular weight is 220 g/mol. The van der Waals surface area contributed by atoms with Crippen molar-refractivity contribution in [3.8, 4) is 0 Å². The Morgan fingerprint density at radius 1 is 0.882 bits per heavy atom. The first-order valence-corrected chi connectivity index (χ1v) is 5.45. The molecule has 1 aromatic carbocycles. The summed E-state index contributed by atoms with van der Waals surface area (Å²) in [6, 6.07) is 13.8. The molecule has 0 aliphatic carbocycles. The molecule has 3 nitrogen and oxygen atoms in total. The van der Waals surface area contributed by atoms with Gasteiger partial charge in [-0.3, -0.25) is 4.98 Å². The van der Waals surface area contributed by atoms with Crippen molar-refractivity contribution < 1.29 is 4.42 Å². The second kappa shape index (κ2) is 3.04. The van der Waals surface area contributed by atoms with Crippen molar-refractivity contribution in [3.63, 3.8) is 0 Å². The largest absolute Gasteiger partial charge is 0.438 e. The molecule has 0 radical (unpaired) electrons. The van der Waals surface area contributed by atoms with Gasteiger partial charge in [-0.15, -0.1) is 0 Å². The van der Waals surface area contributed by atoms with Crippen molar-refractivity contribution >= 4 is 33.1 Å². The molecule has 0 fully saturated rings. The van der Waals surface area contributed by atoms with Gasteiger partial charge < -0.3 is 4.42 Å². The van der Waals surface area contributed by atoms with Crippen molar-refractivity contribution in [1.29, 1.82) is 0 Å². The van der Waals surface area contributed by atoms with Crippen LogP contribution in [0.5, 0.6) is 0 Å². The lowest BCUT2D eigenvalue weighted by atomic mass is 10.2. The van der Waals surface area contributed by atoms with Gasteiger partial charge >= 0.3 is 0 Å². The lowest BCUT2D eigenvalue weighted by Gasteiger charge is -1.94. The van der Waals surface area contributed by atoms with Crippen molar-refractivity contribution in [2.75, 3.05) is 0 Å². The van der Waals surface area contributed by atoms with Crippen LogP contribution >= 0.6 is 0 Å². The van der Waals surface area contributed by atoms with Gasteiger partial charge in [-0.1, -0.05) is 18.2 Å². The summed E-state index contributed by atoms with van der Waals surface area (Å²) < 4.78 is 5.72. The summed E-state index contributed by atoms with van der Waals surface area (Å²) >= 11 is 0. The number of benzene rings is 1. The number of hydrogen-bond acceptors (Lipinski definition) is 3. The lowest BCUT2D eigenvalue weighted by molar-refractivity contribution is 0.656. The fraction of sp³-hybridized carbons (Fsp3) is 0. The van der Waals surface area contributed by atoms with Crippen molar-refractivity contribution in [2.24, 2.45) is 0 Å². The fourth-order valence-corrected chi connectivity index (χ4v) is 2.14. The minimum absolute atomic E-state index is 0.673. The number of fused-ring (bicyclic) bond motifs is 4. The first-order valence-electron chi connectivity index (χ1n) is 5.45. The number of pyridine rings is 2. The number of aromatic nitrogens is 2. The summed E-state index contributed by atoms with van der Waals surface area (Å²) in [6.07, 6.45) is 1.78. The van der Waals surface area contributed by atoms with E-state index in [1.54, 1.807) is 6.20 Å². The predicted octanol–water partition coefficient (Wildman–Crippen LogP) is 3.53. The number of hydrogen-bond donors (Lipinski definition) is 0. The maximum absolute atomic E-state index is 5.72. The van der Waals surface area contributed by atoms with E-state index in [2.05, 4.69) is 9.97 Å². The highest BCUT2D eigenvalue weighted by Crippen LogP contribution is 2.28. The summed E-state index contributed by atoms with van der Waals surface area (Å²) in [7, 11) is 0. The molecule has 0 aliphatic heterocycles. The van der Waals surface area contributed by atoms with Crippen LogP contribution in [-0.2, 0) is 0 Å². The third-order valence-electron chi connectivity index (χ3n) is 2.93. The van der Waals surface area contributed by atoms with E-state index in [0.717, 1.165) is 27.4 Å². The van der Waals surface area contributed by atoms with Crippen LogP contribution in [0.2, 0.25) is 0 Å². The van der Waals surface area contributed by atoms with Crippen LogP contribution in [-0.4, -0.2) is 9.97 Å². The third-order valence-corrected chi connectivity index (χ3v) is 2.93. The number of rotatable bonds is 0. The molecule has 0 amide bonds. The van der Waals surface area contributed by atoms with Gasteiger partial charge in [0.15, 0.2) is 0 Å². The molecule has 0 unspecified atom stereocenters. The van der Waals surface area contributed by atoms with Crippen LogP contribution in [0.4, 0.5) is 0 Å². The molecule has 3 heterocycles. The molecule has 3 heteroatoms. The van der Waals surface area contributed by atoms with Gasteiger partial charge in [0.2, 0.25) is 5.71 Å². The molecule has 80 valence electrons. The second-order valence-electron chi connectivity index (χ2n) is 3.98. The van der Waals surface area contributed by atoms with Gasteiger partial charge in [0.25, 0.3) is 0 Å². The van der Waals surface area contributed by atoms with E-state index in [0.29, 0.717) is 5.71 Å². The van der Waals surface area contributed by atoms with Crippen molar-refractivity contribution in [3.05, 3.63) is 48.7 Å². The molecule has 0 N–H and O–H groups in total. The van der Waals surface area contributed by atoms with E-state index >= 15 is 0 Å². The smallest absolute Gasteiger partial charge is 0.227 e. The molecule has 0 atom stereocenters. The third kappa shape index (κ3) is 1.16. The van der Waals surface area contributed by atoms with Crippen LogP contribution in [0, 0.1) is 0 Å². The van der Waals surface area contributed by atoms with E-state index in [4.69, 9.17) is 4.42 Å². The molecule has 17 heavy (non-hydrogen) atoms. The van der Waals surface area contributed by atoms with Crippen LogP contribution in [0.3, 0.4) is 0 Å². The highest BCUT2D eigenvalue weighted by atomic mass is 16.3. The van der Waals surface area contributed by atoms with Crippen LogP contribution in [0.25, 0.3) is 33.1 Å². The lowest BCUT2D eigenvalue weighted by Crippen LogP contribution is -1.81.